The van der Waals surface area contributed by atoms with Crippen molar-refractivity contribution in [3.8, 4) is 0 Å². The van der Waals surface area contributed by atoms with Gasteiger partial charge in [0.25, 0.3) is 11.8 Å². The third kappa shape index (κ3) is 5.75. The van der Waals surface area contributed by atoms with Crippen molar-refractivity contribution in [1.29, 1.82) is 0 Å². The Morgan fingerprint density at radius 2 is 1.67 bits per heavy atom. The van der Waals surface area contributed by atoms with E-state index in [0.717, 1.165) is 6.42 Å². The number of hydrogen-bond acceptors (Lipinski definition) is 5. The first kappa shape index (κ1) is 20.3. The average Bonchev–Trinajstić information content (AvgIpc) is 2.66. The molecule has 1 atom stereocenters. The van der Waals surface area contributed by atoms with Crippen LogP contribution < -0.4 is 10.6 Å². The second kappa shape index (κ2) is 9.63. The molecule has 1 aromatic carbocycles. The normalized spacial score (nSPS) is 11.5. The van der Waals surface area contributed by atoms with Crippen molar-refractivity contribution in [3.05, 3.63) is 53.1 Å². The molecule has 142 valence electrons. The maximum absolute atomic E-state index is 12.5. The predicted octanol–water partition coefficient (Wildman–Crippen LogP) is 2.76. The molecular weight excluding hydrogens is 372 g/mol. The van der Waals surface area contributed by atoms with Crippen LogP contribution >= 0.6 is 11.6 Å². The number of rotatable bonds is 8. The molecular formula is C18H19ClN4O4. The number of nitrogens with zero attached hydrogens (tertiary/aromatic N) is 2. The van der Waals surface area contributed by atoms with Gasteiger partial charge in [0.2, 0.25) is 0 Å². The van der Waals surface area contributed by atoms with E-state index in [9.17, 15) is 19.5 Å². The van der Waals surface area contributed by atoms with Crippen molar-refractivity contribution in [2.75, 3.05) is 5.32 Å². The topological polar surface area (TPSA) is 121 Å². The van der Waals surface area contributed by atoms with Crippen LogP contribution in [0.4, 0.5) is 5.69 Å². The summed E-state index contributed by atoms with van der Waals surface area (Å²) in [6.45, 7) is 1.92. The fourth-order valence-electron chi connectivity index (χ4n) is 2.29. The Kier molecular flexibility index (Phi) is 7.25. The summed E-state index contributed by atoms with van der Waals surface area (Å²) in [5.74, 6) is -2.56. The van der Waals surface area contributed by atoms with Crippen molar-refractivity contribution in [1.82, 2.24) is 15.3 Å². The smallest absolute Gasteiger partial charge is 0.326 e. The minimum Gasteiger partial charge on any atom is -0.480 e. The van der Waals surface area contributed by atoms with Crippen molar-refractivity contribution in [3.63, 3.8) is 0 Å². The van der Waals surface area contributed by atoms with Crippen LogP contribution in [-0.4, -0.2) is 38.9 Å². The van der Waals surface area contributed by atoms with E-state index < -0.39 is 23.8 Å². The number of aromatic nitrogens is 2. The van der Waals surface area contributed by atoms with Gasteiger partial charge in [-0.2, -0.15) is 0 Å². The number of anilines is 1. The van der Waals surface area contributed by atoms with Gasteiger partial charge in [-0.1, -0.05) is 31.4 Å². The Bertz CT molecular complexity index is 826. The Hall–Kier alpha value is -3.00. The molecule has 0 radical (unpaired) electrons. The Labute approximate surface area is 161 Å². The first-order chi connectivity index (χ1) is 12.9. The monoisotopic (exact) mass is 390 g/mol. The fourth-order valence-corrected chi connectivity index (χ4v) is 2.41. The molecule has 2 rings (SSSR count). The zero-order valence-corrected chi connectivity index (χ0v) is 15.4. The molecule has 1 aromatic heterocycles. The molecule has 1 heterocycles. The molecule has 1 unspecified atom stereocenters. The Balaban J connectivity index is 2.18. The minimum absolute atomic E-state index is 0.204. The van der Waals surface area contributed by atoms with Crippen molar-refractivity contribution >= 4 is 35.1 Å². The lowest BCUT2D eigenvalue weighted by atomic mass is 10.1. The van der Waals surface area contributed by atoms with Crippen molar-refractivity contribution in [2.45, 2.75) is 32.2 Å². The van der Waals surface area contributed by atoms with E-state index >= 15 is 0 Å². The number of benzene rings is 1. The van der Waals surface area contributed by atoms with E-state index in [1.54, 1.807) is 24.3 Å². The van der Waals surface area contributed by atoms with Gasteiger partial charge in [0, 0.05) is 23.1 Å². The van der Waals surface area contributed by atoms with Gasteiger partial charge in [0.1, 0.15) is 6.04 Å². The molecule has 2 amide bonds. The molecule has 0 fully saturated rings. The lowest BCUT2D eigenvalue weighted by molar-refractivity contribution is -0.139. The van der Waals surface area contributed by atoms with Crippen molar-refractivity contribution in [2.24, 2.45) is 0 Å². The maximum atomic E-state index is 12.5. The SMILES string of the molecule is CCCCC(NC(=O)c1nccnc1C(=O)Nc1ccc(Cl)cc1)C(=O)O. The zero-order chi connectivity index (χ0) is 19.8. The predicted molar refractivity (Wildman–Crippen MR) is 99.9 cm³/mol. The number of aliphatic carboxylic acids is 1. The zero-order valence-electron chi connectivity index (χ0n) is 14.6. The van der Waals surface area contributed by atoms with Crippen LogP contribution in [0, 0.1) is 0 Å². The van der Waals surface area contributed by atoms with Crippen molar-refractivity contribution < 1.29 is 19.5 Å². The molecule has 27 heavy (non-hydrogen) atoms. The summed E-state index contributed by atoms with van der Waals surface area (Å²) < 4.78 is 0. The number of unbranched alkanes of at least 4 members (excludes halogenated alkanes) is 1. The summed E-state index contributed by atoms with van der Waals surface area (Å²) in [5, 5.41) is 14.8. The molecule has 0 bridgehead atoms. The molecule has 0 aliphatic heterocycles. The number of carbonyl (C=O) groups excluding carboxylic acids is 2. The summed E-state index contributed by atoms with van der Waals surface area (Å²) in [6, 6.07) is 5.34. The largest absolute Gasteiger partial charge is 0.480 e. The molecule has 9 heteroatoms. The van der Waals surface area contributed by atoms with Crippen LogP contribution in [-0.2, 0) is 4.79 Å². The second-order valence-electron chi connectivity index (χ2n) is 5.72. The third-order valence-electron chi connectivity index (χ3n) is 3.68. The summed E-state index contributed by atoms with van der Waals surface area (Å²) in [6.07, 6.45) is 4.25. The van der Waals surface area contributed by atoms with E-state index in [2.05, 4.69) is 20.6 Å². The Morgan fingerprint density at radius 1 is 1.07 bits per heavy atom. The lowest BCUT2D eigenvalue weighted by Crippen LogP contribution is -2.41. The summed E-state index contributed by atoms with van der Waals surface area (Å²) >= 11 is 5.81. The van der Waals surface area contributed by atoms with E-state index in [4.69, 9.17) is 11.6 Å². The number of hydrogen-bond donors (Lipinski definition) is 3. The van der Waals surface area contributed by atoms with Gasteiger partial charge in [-0.25, -0.2) is 14.8 Å². The Morgan fingerprint density at radius 3 is 2.22 bits per heavy atom. The first-order valence-electron chi connectivity index (χ1n) is 8.34. The summed E-state index contributed by atoms with van der Waals surface area (Å²) in [7, 11) is 0. The van der Waals surface area contributed by atoms with Gasteiger partial charge >= 0.3 is 5.97 Å². The number of carbonyl (C=O) groups is 3. The number of carboxylic acid groups (broad SMARTS) is 1. The summed E-state index contributed by atoms with van der Waals surface area (Å²) in [4.78, 5) is 44.1. The number of nitrogens with one attached hydrogen (secondary N) is 2. The molecule has 2 aromatic rings. The molecule has 3 N–H and O–H groups in total. The van der Waals surface area contributed by atoms with Gasteiger partial charge in [-0.3, -0.25) is 9.59 Å². The highest BCUT2D eigenvalue weighted by atomic mass is 35.5. The van der Waals surface area contributed by atoms with Gasteiger partial charge in [-0.15, -0.1) is 0 Å². The number of halogens is 1. The highest BCUT2D eigenvalue weighted by molar-refractivity contribution is 6.30. The van der Waals surface area contributed by atoms with E-state index in [1.807, 2.05) is 6.92 Å². The van der Waals surface area contributed by atoms with Gasteiger partial charge in [-0.05, 0) is 30.7 Å². The maximum Gasteiger partial charge on any atom is 0.326 e. The molecule has 0 saturated heterocycles. The minimum atomic E-state index is -1.15. The van der Waals surface area contributed by atoms with E-state index in [-0.39, 0.29) is 17.8 Å². The average molecular weight is 391 g/mol. The molecule has 0 aliphatic rings. The van der Waals surface area contributed by atoms with E-state index in [0.29, 0.717) is 17.1 Å². The molecule has 0 spiro atoms. The summed E-state index contributed by atoms with van der Waals surface area (Å²) in [5.41, 5.74) is 0.0176. The number of amides is 2. The van der Waals surface area contributed by atoms with Crippen LogP contribution in [0.1, 0.15) is 47.2 Å². The van der Waals surface area contributed by atoms with Crippen LogP contribution in [0.25, 0.3) is 0 Å². The first-order valence-corrected chi connectivity index (χ1v) is 8.71. The lowest BCUT2D eigenvalue weighted by Gasteiger charge is -2.14. The van der Waals surface area contributed by atoms with Crippen LogP contribution in [0.3, 0.4) is 0 Å². The van der Waals surface area contributed by atoms with Crippen LogP contribution in [0.5, 0.6) is 0 Å². The number of carboxylic acids is 1. The molecule has 0 aliphatic carbocycles. The van der Waals surface area contributed by atoms with Gasteiger partial charge < -0.3 is 15.7 Å². The highest BCUT2D eigenvalue weighted by Crippen LogP contribution is 2.15. The van der Waals surface area contributed by atoms with Crippen LogP contribution in [0.2, 0.25) is 5.02 Å². The second-order valence-corrected chi connectivity index (χ2v) is 6.16. The standard InChI is InChI=1S/C18H19ClN4O4/c1-2-3-4-13(18(26)27)23-17(25)15-14(20-9-10-21-15)16(24)22-12-7-5-11(19)6-8-12/h5-10,13H,2-4H2,1H3,(H,22,24)(H,23,25)(H,26,27). The molecule has 8 nitrogen and oxygen atoms in total. The van der Waals surface area contributed by atoms with Crippen LogP contribution in [0.15, 0.2) is 36.7 Å². The quantitative estimate of drug-likeness (QED) is 0.637. The third-order valence-corrected chi connectivity index (χ3v) is 3.93. The van der Waals surface area contributed by atoms with Gasteiger partial charge in [0.15, 0.2) is 11.4 Å². The van der Waals surface area contributed by atoms with E-state index in [1.165, 1.54) is 12.4 Å². The van der Waals surface area contributed by atoms with Gasteiger partial charge in [0.05, 0.1) is 0 Å². The highest BCUT2D eigenvalue weighted by Gasteiger charge is 2.25. The molecule has 0 saturated carbocycles. The fraction of sp³-hybridized carbons (Fsp3) is 0.278.